The summed E-state index contributed by atoms with van der Waals surface area (Å²) in [7, 11) is -4.18. The second-order valence-electron chi connectivity index (χ2n) is 4.79. The van der Waals surface area contributed by atoms with Crippen LogP contribution in [0.4, 0.5) is 10.1 Å². The molecule has 0 heterocycles. The molecule has 0 aliphatic rings. The van der Waals surface area contributed by atoms with Crippen molar-refractivity contribution in [1.29, 1.82) is 0 Å². The molecule has 23 heavy (non-hydrogen) atoms. The third kappa shape index (κ3) is 3.80. The minimum absolute atomic E-state index is 0.157. The van der Waals surface area contributed by atoms with E-state index in [4.69, 9.17) is 16.7 Å². The lowest BCUT2D eigenvalue weighted by atomic mass is 10.2. The molecular formula is C15H13ClFNO4S. The van der Waals surface area contributed by atoms with E-state index in [-0.39, 0.29) is 15.6 Å². The van der Waals surface area contributed by atoms with Gasteiger partial charge in [-0.25, -0.2) is 12.8 Å². The standard InChI is InChI=1S/C15H13ClFNO4S/c1-10-2-3-11(16)8-14(10)18(9-15(19)20)23(21,22)13-6-4-12(17)5-7-13/h2-8H,9H2,1H3,(H,19,20). The average Bonchev–Trinajstić information content (AvgIpc) is 2.47. The van der Waals surface area contributed by atoms with E-state index in [9.17, 15) is 17.6 Å². The van der Waals surface area contributed by atoms with Crippen molar-refractivity contribution in [2.24, 2.45) is 0 Å². The predicted octanol–water partition coefficient (Wildman–Crippen LogP) is 3.07. The first-order valence-corrected chi connectivity index (χ1v) is 8.30. The minimum atomic E-state index is -4.18. The first-order chi connectivity index (χ1) is 10.7. The molecule has 0 saturated heterocycles. The van der Waals surface area contributed by atoms with Crippen molar-refractivity contribution in [3.63, 3.8) is 0 Å². The van der Waals surface area contributed by atoms with Crippen LogP contribution in [-0.2, 0) is 14.8 Å². The molecule has 8 heteroatoms. The number of nitrogens with zero attached hydrogens (tertiary/aromatic N) is 1. The Labute approximate surface area is 138 Å². The zero-order valence-corrected chi connectivity index (χ0v) is 13.6. The van der Waals surface area contributed by atoms with E-state index >= 15 is 0 Å². The van der Waals surface area contributed by atoms with Crippen LogP contribution in [0.25, 0.3) is 0 Å². The van der Waals surface area contributed by atoms with Gasteiger partial charge in [0.25, 0.3) is 10.0 Å². The van der Waals surface area contributed by atoms with E-state index in [2.05, 4.69) is 0 Å². The van der Waals surface area contributed by atoms with Crippen molar-refractivity contribution < 1.29 is 22.7 Å². The van der Waals surface area contributed by atoms with Gasteiger partial charge in [-0.15, -0.1) is 0 Å². The van der Waals surface area contributed by atoms with Crippen LogP contribution in [0.15, 0.2) is 47.4 Å². The van der Waals surface area contributed by atoms with Crippen LogP contribution >= 0.6 is 11.6 Å². The molecule has 1 N–H and O–H groups in total. The highest BCUT2D eigenvalue weighted by atomic mass is 35.5. The molecule has 2 rings (SSSR count). The number of sulfonamides is 1. The first kappa shape index (κ1) is 17.2. The molecule has 0 saturated carbocycles. The molecule has 0 aliphatic heterocycles. The molecule has 0 spiro atoms. The lowest BCUT2D eigenvalue weighted by Gasteiger charge is -2.24. The third-order valence-corrected chi connectivity index (χ3v) is 5.13. The molecule has 0 bridgehead atoms. The van der Waals surface area contributed by atoms with E-state index in [1.54, 1.807) is 19.1 Å². The number of aliphatic carboxylic acids is 1. The van der Waals surface area contributed by atoms with Crippen LogP contribution in [0.1, 0.15) is 5.56 Å². The van der Waals surface area contributed by atoms with Crippen LogP contribution < -0.4 is 4.31 Å². The number of hydrogen-bond acceptors (Lipinski definition) is 3. The number of anilines is 1. The van der Waals surface area contributed by atoms with Crippen molar-refractivity contribution in [2.75, 3.05) is 10.8 Å². The highest BCUT2D eigenvalue weighted by Gasteiger charge is 2.28. The second kappa shape index (κ2) is 6.55. The Morgan fingerprint density at radius 3 is 2.39 bits per heavy atom. The summed E-state index contributed by atoms with van der Waals surface area (Å²) in [5.74, 6) is -1.91. The molecule has 0 fully saturated rings. The van der Waals surface area contributed by atoms with Gasteiger partial charge in [0.05, 0.1) is 10.6 Å². The van der Waals surface area contributed by atoms with Crippen molar-refractivity contribution in [2.45, 2.75) is 11.8 Å². The molecule has 2 aromatic rings. The zero-order valence-electron chi connectivity index (χ0n) is 12.0. The van der Waals surface area contributed by atoms with Gasteiger partial charge in [0.15, 0.2) is 0 Å². The van der Waals surface area contributed by atoms with Gasteiger partial charge in [-0.3, -0.25) is 9.10 Å². The molecule has 0 aromatic heterocycles. The summed E-state index contributed by atoms with van der Waals surface area (Å²) < 4.78 is 39.2. The fourth-order valence-corrected chi connectivity index (χ4v) is 3.64. The summed E-state index contributed by atoms with van der Waals surface area (Å²) in [5, 5.41) is 9.33. The maximum absolute atomic E-state index is 13.0. The van der Waals surface area contributed by atoms with Gasteiger partial charge in [0.2, 0.25) is 0 Å². The van der Waals surface area contributed by atoms with E-state index < -0.39 is 28.4 Å². The molecule has 122 valence electrons. The highest BCUT2D eigenvalue weighted by molar-refractivity contribution is 7.92. The smallest absolute Gasteiger partial charge is 0.324 e. The Hall–Kier alpha value is -2.12. The molecule has 0 aliphatic carbocycles. The third-order valence-electron chi connectivity index (χ3n) is 3.12. The number of carboxylic acids is 1. The maximum Gasteiger partial charge on any atom is 0.324 e. The Morgan fingerprint density at radius 1 is 1.22 bits per heavy atom. The van der Waals surface area contributed by atoms with Crippen molar-refractivity contribution in [3.8, 4) is 0 Å². The van der Waals surface area contributed by atoms with Crippen LogP contribution in [0.3, 0.4) is 0 Å². The Balaban J connectivity index is 2.60. The number of benzene rings is 2. The van der Waals surface area contributed by atoms with Crippen LogP contribution in [0, 0.1) is 12.7 Å². The zero-order chi connectivity index (χ0) is 17.2. The van der Waals surface area contributed by atoms with Gasteiger partial charge in [0.1, 0.15) is 12.4 Å². The fraction of sp³-hybridized carbons (Fsp3) is 0.133. The average molecular weight is 358 g/mol. The van der Waals surface area contributed by atoms with Crippen LogP contribution in [0.5, 0.6) is 0 Å². The lowest BCUT2D eigenvalue weighted by molar-refractivity contribution is -0.135. The van der Waals surface area contributed by atoms with E-state index in [0.29, 0.717) is 5.56 Å². The molecule has 0 atom stereocenters. The predicted molar refractivity (Wildman–Crippen MR) is 84.8 cm³/mol. The summed E-state index contributed by atoms with van der Waals surface area (Å²) in [4.78, 5) is 10.9. The van der Waals surface area contributed by atoms with E-state index in [0.717, 1.165) is 28.6 Å². The van der Waals surface area contributed by atoms with Gasteiger partial charge >= 0.3 is 5.97 Å². The maximum atomic E-state index is 13.0. The quantitative estimate of drug-likeness (QED) is 0.892. The Morgan fingerprint density at radius 2 is 1.83 bits per heavy atom. The molecular weight excluding hydrogens is 345 g/mol. The largest absolute Gasteiger partial charge is 0.480 e. The van der Waals surface area contributed by atoms with Gasteiger partial charge in [0, 0.05) is 5.02 Å². The molecule has 0 unspecified atom stereocenters. The summed E-state index contributed by atoms with van der Waals surface area (Å²) in [6, 6.07) is 8.70. The van der Waals surface area contributed by atoms with Crippen molar-refractivity contribution in [1.82, 2.24) is 0 Å². The monoisotopic (exact) mass is 357 g/mol. The van der Waals surface area contributed by atoms with E-state index in [1.165, 1.54) is 6.07 Å². The number of hydrogen-bond donors (Lipinski definition) is 1. The molecule has 0 amide bonds. The lowest BCUT2D eigenvalue weighted by Crippen LogP contribution is -2.36. The van der Waals surface area contributed by atoms with Crippen molar-refractivity contribution >= 4 is 33.3 Å². The second-order valence-corrected chi connectivity index (χ2v) is 7.09. The Kier molecular flexibility index (Phi) is 4.91. The number of halogens is 2. The van der Waals surface area contributed by atoms with Gasteiger partial charge in [-0.2, -0.15) is 0 Å². The Bertz CT molecular complexity index is 837. The van der Waals surface area contributed by atoms with Crippen molar-refractivity contribution in [3.05, 3.63) is 58.9 Å². The normalized spacial score (nSPS) is 11.3. The number of aryl methyl sites for hydroxylation is 1. The van der Waals surface area contributed by atoms with Crippen LogP contribution in [-0.4, -0.2) is 26.0 Å². The van der Waals surface area contributed by atoms with Gasteiger partial charge < -0.3 is 5.11 Å². The van der Waals surface area contributed by atoms with Gasteiger partial charge in [-0.05, 0) is 48.9 Å². The number of carboxylic acid groups (broad SMARTS) is 1. The fourth-order valence-electron chi connectivity index (χ4n) is 2.01. The first-order valence-electron chi connectivity index (χ1n) is 6.48. The van der Waals surface area contributed by atoms with Crippen LogP contribution in [0.2, 0.25) is 5.02 Å². The molecule has 2 aromatic carbocycles. The summed E-state index contributed by atoms with van der Waals surface area (Å²) in [6.07, 6.45) is 0. The highest BCUT2D eigenvalue weighted by Crippen LogP contribution is 2.29. The topological polar surface area (TPSA) is 74.7 Å². The molecule has 0 radical (unpaired) electrons. The number of carbonyl (C=O) groups is 1. The number of rotatable bonds is 5. The summed E-state index contributed by atoms with van der Waals surface area (Å²) in [6.45, 7) is 0.863. The van der Waals surface area contributed by atoms with E-state index in [1.807, 2.05) is 0 Å². The van der Waals surface area contributed by atoms with Gasteiger partial charge in [-0.1, -0.05) is 17.7 Å². The summed E-state index contributed by atoms with van der Waals surface area (Å²) >= 11 is 5.90. The molecule has 5 nitrogen and oxygen atoms in total. The SMILES string of the molecule is Cc1ccc(Cl)cc1N(CC(=O)O)S(=O)(=O)c1ccc(F)cc1. The summed E-state index contributed by atoms with van der Waals surface area (Å²) in [5.41, 5.74) is 0.700. The minimum Gasteiger partial charge on any atom is -0.480 e.